The first kappa shape index (κ1) is 20.0. The Morgan fingerprint density at radius 1 is 0.900 bits per heavy atom. The molecular weight excluding hydrogens is 413 g/mol. The summed E-state index contributed by atoms with van der Waals surface area (Å²) in [6.45, 7) is 0. The Labute approximate surface area is 176 Å². The molecule has 0 spiro atoms. The van der Waals surface area contributed by atoms with Crippen LogP contribution in [-0.2, 0) is 6.18 Å². The van der Waals surface area contributed by atoms with Gasteiger partial charge in [-0.25, -0.2) is 4.98 Å². The number of benzene rings is 3. The number of alkyl halides is 3. The Hall–Kier alpha value is -3.25. The summed E-state index contributed by atoms with van der Waals surface area (Å²) < 4.78 is 46.7. The van der Waals surface area contributed by atoms with Crippen LogP contribution < -0.4 is 4.74 Å². The number of ether oxygens (including phenoxy) is 1. The number of hydrogen-bond acceptors (Lipinski definition) is 2. The summed E-state index contributed by atoms with van der Waals surface area (Å²) in [5.74, 6) is 0.851. The average Bonchev–Trinajstić information content (AvgIpc) is 3.20. The van der Waals surface area contributed by atoms with E-state index in [9.17, 15) is 13.2 Å². The van der Waals surface area contributed by atoms with Gasteiger partial charge >= 0.3 is 6.18 Å². The molecule has 30 heavy (non-hydrogen) atoms. The Morgan fingerprint density at radius 2 is 1.63 bits per heavy atom. The Balaban J connectivity index is 1.80. The standard InChI is InChI=1S/C23H16ClF3N2O/c1-30-18-6-4-5-16(13-18)15-9-11-17(12-10-15)29-14-21(23(25,26)27)28-22(29)19-7-2-3-8-20(19)24/h2-14H,1H3. The molecular formula is C23H16ClF3N2O. The molecule has 0 N–H and O–H groups in total. The smallest absolute Gasteiger partial charge is 0.434 e. The molecule has 0 aliphatic rings. The molecule has 152 valence electrons. The second kappa shape index (κ2) is 7.88. The third-order valence-electron chi connectivity index (χ3n) is 4.66. The van der Waals surface area contributed by atoms with Crippen LogP contribution in [0.25, 0.3) is 28.2 Å². The minimum Gasteiger partial charge on any atom is -0.497 e. The lowest BCUT2D eigenvalue weighted by molar-refractivity contribution is -0.140. The molecule has 4 aromatic rings. The summed E-state index contributed by atoms with van der Waals surface area (Å²) in [5, 5.41) is 0.325. The molecule has 0 amide bonds. The van der Waals surface area contributed by atoms with E-state index >= 15 is 0 Å². The highest BCUT2D eigenvalue weighted by Crippen LogP contribution is 2.35. The summed E-state index contributed by atoms with van der Waals surface area (Å²) in [6, 6.07) is 21.4. The Bertz CT molecular complexity index is 1180. The summed E-state index contributed by atoms with van der Waals surface area (Å²) in [4.78, 5) is 3.83. The fourth-order valence-corrected chi connectivity index (χ4v) is 3.38. The van der Waals surface area contributed by atoms with Crippen LogP contribution in [0.3, 0.4) is 0 Å². The predicted molar refractivity (Wildman–Crippen MR) is 111 cm³/mol. The second-order valence-electron chi connectivity index (χ2n) is 6.58. The topological polar surface area (TPSA) is 27.1 Å². The monoisotopic (exact) mass is 428 g/mol. The lowest BCUT2D eigenvalue weighted by Gasteiger charge is -2.10. The molecule has 0 aliphatic carbocycles. The number of halogens is 4. The van der Waals surface area contributed by atoms with Gasteiger partial charge in [-0.1, -0.05) is 48.0 Å². The van der Waals surface area contributed by atoms with E-state index in [-0.39, 0.29) is 5.82 Å². The van der Waals surface area contributed by atoms with Crippen LogP contribution in [0.15, 0.2) is 79.0 Å². The number of imidazole rings is 1. The molecule has 0 saturated heterocycles. The Morgan fingerprint density at radius 3 is 2.30 bits per heavy atom. The van der Waals surface area contributed by atoms with Gasteiger partial charge in [0, 0.05) is 17.4 Å². The first-order valence-corrected chi connectivity index (χ1v) is 9.41. The van der Waals surface area contributed by atoms with Crippen molar-refractivity contribution in [2.24, 2.45) is 0 Å². The molecule has 0 aliphatic heterocycles. The summed E-state index contributed by atoms with van der Waals surface area (Å²) >= 11 is 6.23. The molecule has 0 bridgehead atoms. The van der Waals surface area contributed by atoms with E-state index in [1.54, 1.807) is 43.5 Å². The largest absolute Gasteiger partial charge is 0.497 e. The molecule has 0 fully saturated rings. The van der Waals surface area contributed by atoms with E-state index in [0.29, 0.717) is 16.3 Å². The lowest BCUT2D eigenvalue weighted by Crippen LogP contribution is -2.05. The van der Waals surface area contributed by atoms with E-state index in [1.165, 1.54) is 4.57 Å². The SMILES string of the molecule is COc1cccc(-c2ccc(-n3cc(C(F)(F)F)nc3-c3ccccc3Cl)cc2)c1. The maximum Gasteiger partial charge on any atom is 0.434 e. The molecule has 1 heterocycles. The third-order valence-corrected chi connectivity index (χ3v) is 4.99. The van der Waals surface area contributed by atoms with E-state index < -0.39 is 11.9 Å². The van der Waals surface area contributed by atoms with Crippen LogP contribution in [0.1, 0.15) is 5.69 Å². The van der Waals surface area contributed by atoms with Crippen molar-refractivity contribution in [1.82, 2.24) is 9.55 Å². The molecule has 7 heteroatoms. The molecule has 0 unspecified atom stereocenters. The highest BCUT2D eigenvalue weighted by atomic mass is 35.5. The van der Waals surface area contributed by atoms with Crippen molar-refractivity contribution in [3.63, 3.8) is 0 Å². The van der Waals surface area contributed by atoms with Gasteiger partial charge in [0.15, 0.2) is 5.69 Å². The minimum atomic E-state index is -4.57. The zero-order valence-corrected chi connectivity index (χ0v) is 16.6. The predicted octanol–water partition coefficient (Wildman–Crippen LogP) is 6.89. The zero-order valence-electron chi connectivity index (χ0n) is 15.8. The second-order valence-corrected chi connectivity index (χ2v) is 6.98. The maximum absolute atomic E-state index is 13.3. The third kappa shape index (κ3) is 3.91. The van der Waals surface area contributed by atoms with Crippen molar-refractivity contribution in [2.75, 3.05) is 7.11 Å². The normalized spacial score (nSPS) is 11.5. The van der Waals surface area contributed by atoms with Crippen LogP contribution in [0.4, 0.5) is 13.2 Å². The van der Waals surface area contributed by atoms with Gasteiger partial charge in [0.2, 0.25) is 0 Å². The molecule has 3 aromatic carbocycles. The van der Waals surface area contributed by atoms with E-state index in [1.807, 2.05) is 36.4 Å². The molecule has 0 saturated carbocycles. The highest BCUT2D eigenvalue weighted by molar-refractivity contribution is 6.33. The highest BCUT2D eigenvalue weighted by Gasteiger charge is 2.35. The zero-order chi connectivity index (χ0) is 21.3. The summed E-state index contributed by atoms with van der Waals surface area (Å²) in [6.07, 6.45) is -3.58. The number of methoxy groups -OCH3 is 1. The quantitative estimate of drug-likeness (QED) is 0.354. The Kier molecular flexibility index (Phi) is 5.26. The number of hydrogen-bond donors (Lipinski definition) is 0. The fourth-order valence-electron chi connectivity index (χ4n) is 3.16. The minimum absolute atomic E-state index is 0.127. The number of aromatic nitrogens is 2. The van der Waals surface area contributed by atoms with Crippen LogP contribution in [0.5, 0.6) is 5.75 Å². The van der Waals surface area contributed by atoms with Crippen LogP contribution in [-0.4, -0.2) is 16.7 Å². The van der Waals surface area contributed by atoms with Crippen molar-refractivity contribution in [1.29, 1.82) is 0 Å². The van der Waals surface area contributed by atoms with Crippen molar-refractivity contribution in [3.8, 4) is 34.0 Å². The molecule has 0 atom stereocenters. The van der Waals surface area contributed by atoms with Gasteiger partial charge < -0.3 is 4.74 Å². The van der Waals surface area contributed by atoms with Gasteiger partial charge in [-0.05, 0) is 47.5 Å². The fraction of sp³-hybridized carbons (Fsp3) is 0.0870. The lowest BCUT2D eigenvalue weighted by atomic mass is 10.1. The van der Waals surface area contributed by atoms with Gasteiger partial charge in [-0.2, -0.15) is 13.2 Å². The van der Waals surface area contributed by atoms with Crippen LogP contribution >= 0.6 is 11.6 Å². The van der Waals surface area contributed by atoms with Gasteiger partial charge in [-0.3, -0.25) is 4.57 Å². The molecule has 3 nitrogen and oxygen atoms in total. The van der Waals surface area contributed by atoms with Crippen LogP contribution in [0, 0.1) is 0 Å². The first-order valence-electron chi connectivity index (χ1n) is 9.03. The molecule has 1 aromatic heterocycles. The first-order chi connectivity index (χ1) is 14.4. The molecule has 0 radical (unpaired) electrons. The van der Waals surface area contributed by atoms with Crippen molar-refractivity contribution in [3.05, 3.63) is 89.7 Å². The number of nitrogens with zero attached hydrogens (tertiary/aromatic N) is 2. The van der Waals surface area contributed by atoms with Crippen molar-refractivity contribution < 1.29 is 17.9 Å². The van der Waals surface area contributed by atoms with Crippen LogP contribution in [0.2, 0.25) is 5.02 Å². The summed E-state index contributed by atoms with van der Waals surface area (Å²) in [7, 11) is 1.59. The van der Waals surface area contributed by atoms with Gasteiger partial charge in [0.05, 0.1) is 12.1 Å². The average molecular weight is 429 g/mol. The molecule has 4 rings (SSSR count). The van der Waals surface area contributed by atoms with E-state index in [4.69, 9.17) is 16.3 Å². The van der Waals surface area contributed by atoms with Gasteiger partial charge in [0.25, 0.3) is 0 Å². The van der Waals surface area contributed by atoms with E-state index in [2.05, 4.69) is 4.98 Å². The summed E-state index contributed by atoms with van der Waals surface area (Å²) in [5.41, 5.74) is 1.84. The van der Waals surface area contributed by atoms with Crippen molar-refractivity contribution in [2.45, 2.75) is 6.18 Å². The van der Waals surface area contributed by atoms with E-state index in [0.717, 1.165) is 23.1 Å². The number of rotatable bonds is 4. The van der Waals surface area contributed by atoms with Gasteiger partial charge in [-0.15, -0.1) is 0 Å². The van der Waals surface area contributed by atoms with Gasteiger partial charge in [0.1, 0.15) is 11.6 Å². The van der Waals surface area contributed by atoms with Crippen molar-refractivity contribution >= 4 is 11.6 Å². The maximum atomic E-state index is 13.3.